The highest BCUT2D eigenvalue weighted by Gasteiger charge is 1.93. The van der Waals surface area contributed by atoms with Gasteiger partial charge < -0.3 is 0 Å². The summed E-state index contributed by atoms with van der Waals surface area (Å²) < 4.78 is 0. The number of rotatable bonds is 3. The molecular weight excluding hydrogens is 216 g/mol. The minimum Gasteiger partial charge on any atom is -0.0874 e. The fourth-order valence-corrected chi connectivity index (χ4v) is 1.68. The zero-order valence-corrected chi connectivity index (χ0v) is 10.4. The number of benzene rings is 2. The maximum Gasteiger partial charge on any atom is 0.0248 e. The van der Waals surface area contributed by atoms with E-state index in [0.717, 1.165) is 24.0 Å². The van der Waals surface area contributed by atoms with Crippen molar-refractivity contribution in [2.45, 2.75) is 12.8 Å². The zero-order valence-electron chi connectivity index (χ0n) is 10.4. The summed E-state index contributed by atoms with van der Waals surface area (Å²) in [5, 5.41) is 0. The van der Waals surface area contributed by atoms with Crippen LogP contribution >= 0.6 is 0 Å². The lowest BCUT2D eigenvalue weighted by Gasteiger charge is -1.99. The Morgan fingerprint density at radius 2 is 1.50 bits per heavy atom. The van der Waals surface area contributed by atoms with Crippen molar-refractivity contribution >= 4 is 0 Å². The van der Waals surface area contributed by atoms with Gasteiger partial charge in [-0.2, -0.15) is 0 Å². The average Bonchev–Trinajstić information content (AvgIpc) is 2.45. The van der Waals surface area contributed by atoms with Gasteiger partial charge in [0.2, 0.25) is 0 Å². The van der Waals surface area contributed by atoms with Gasteiger partial charge in [0.1, 0.15) is 0 Å². The maximum absolute atomic E-state index is 4.01. The average molecular weight is 232 g/mol. The molecule has 2 aromatic carbocycles. The molecule has 0 heterocycles. The Bertz CT molecular complexity index is 553. The standard InChI is InChI=1S/C18H16/c1-16(12-14-17-8-4-2-5-9-17)13-15-18-10-6-3-7-11-18/h2-11H,1,12,14H2. The van der Waals surface area contributed by atoms with Gasteiger partial charge in [0.05, 0.1) is 0 Å². The van der Waals surface area contributed by atoms with E-state index in [2.05, 4.69) is 42.7 Å². The number of hydrogen-bond acceptors (Lipinski definition) is 0. The molecule has 0 radical (unpaired) electrons. The monoisotopic (exact) mass is 232 g/mol. The first-order valence-corrected chi connectivity index (χ1v) is 6.13. The number of hydrogen-bond donors (Lipinski definition) is 0. The molecule has 2 rings (SSSR count). The summed E-state index contributed by atoms with van der Waals surface area (Å²) in [7, 11) is 0. The molecule has 0 aliphatic carbocycles. The molecule has 0 aromatic heterocycles. The van der Waals surface area contributed by atoms with E-state index in [0.29, 0.717) is 0 Å². The molecule has 0 atom stereocenters. The first-order valence-electron chi connectivity index (χ1n) is 6.13. The van der Waals surface area contributed by atoms with Crippen molar-refractivity contribution in [2.75, 3.05) is 0 Å². The molecule has 0 unspecified atom stereocenters. The van der Waals surface area contributed by atoms with Crippen LogP contribution in [0.1, 0.15) is 17.5 Å². The van der Waals surface area contributed by atoms with Crippen molar-refractivity contribution < 1.29 is 0 Å². The fraction of sp³-hybridized carbons (Fsp3) is 0.111. The van der Waals surface area contributed by atoms with E-state index in [1.807, 2.05) is 36.4 Å². The second kappa shape index (κ2) is 6.47. The highest BCUT2D eigenvalue weighted by Crippen LogP contribution is 2.07. The summed E-state index contributed by atoms with van der Waals surface area (Å²) in [5.74, 6) is 6.26. The van der Waals surface area contributed by atoms with Gasteiger partial charge >= 0.3 is 0 Å². The molecule has 2 aromatic rings. The molecule has 0 saturated carbocycles. The molecule has 88 valence electrons. The van der Waals surface area contributed by atoms with Crippen LogP contribution in [0.5, 0.6) is 0 Å². The van der Waals surface area contributed by atoms with E-state index in [4.69, 9.17) is 0 Å². The van der Waals surface area contributed by atoms with Gasteiger partial charge in [0, 0.05) is 5.56 Å². The third kappa shape index (κ3) is 3.96. The first-order chi connectivity index (χ1) is 8.84. The second-order valence-electron chi connectivity index (χ2n) is 4.21. The van der Waals surface area contributed by atoms with E-state index in [-0.39, 0.29) is 0 Å². The zero-order chi connectivity index (χ0) is 12.6. The van der Waals surface area contributed by atoms with Crippen molar-refractivity contribution in [1.82, 2.24) is 0 Å². The van der Waals surface area contributed by atoms with Crippen molar-refractivity contribution in [3.05, 3.63) is 83.9 Å². The Morgan fingerprint density at radius 3 is 2.17 bits per heavy atom. The van der Waals surface area contributed by atoms with Crippen LogP contribution < -0.4 is 0 Å². The third-order valence-corrected chi connectivity index (χ3v) is 2.72. The van der Waals surface area contributed by atoms with Gasteiger partial charge in [-0.05, 0) is 36.1 Å². The number of aryl methyl sites for hydroxylation is 1. The summed E-state index contributed by atoms with van der Waals surface area (Å²) in [4.78, 5) is 0. The SMILES string of the molecule is C=C(C#Cc1ccccc1)CCc1ccccc1. The number of allylic oxidation sites excluding steroid dienone is 1. The van der Waals surface area contributed by atoms with E-state index >= 15 is 0 Å². The molecule has 0 aliphatic heterocycles. The third-order valence-electron chi connectivity index (χ3n) is 2.72. The lowest BCUT2D eigenvalue weighted by atomic mass is 10.1. The Hall–Kier alpha value is -2.26. The van der Waals surface area contributed by atoms with Gasteiger partial charge in [-0.1, -0.05) is 67.0 Å². The molecule has 0 fully saturated rings. The molecule has 0 bridgehead atoms. The van der Waals surface area contributed by atoms with Gasteiger partial charge in [0.15, 0.2) is 0 Å². The second-order valence-corrected chi connectivity index (χ2v) is 4.21. The van der Waals surface area contributed by atoms with Crippen LogP contribution in [0.25, 0.3) is 0 Å². The topological polar surface area (TPSA) is 0 Å². The van der Waals surface area contributed by atoms with E-state index in [1.54, 1.807) is 0 Å². The molecule has 0 saturated heterocycles. The molecule has 18 heavy (non-hydrogen) atoms. The Labute approximate surface area is 109 Å². The van der Waals surface area contributed by atoms with Crippen LogP contribution in [0, 0.1) is 11.8 Å². The minimum atomic E-state index is 0.920. The summed E-state index contributed by atoms with van der Waals surface area (Å²) in [5.41, 5.74) is 3.36. The van der Waals surface area contributed by atoms with Crippen molar-refractivity contribution in [3.8, 4) is 11.8 Å². The van der Waals surface area contributed by atoms with Crippen LogP contribution in [0.15, 0.2) is 72.8 Å². The van der Waals surface area contributed by atoms with Crippen molar-refractivity contribution in [2.24, 2.45) is 0 Å². The van der Waals surface area contributed by atoms with Crippen molar-refractivity contribution in [3.63, 3.8) is 0 Å². The first kappa shape index (κ1) is 12.2. The van der Waals surface area contributed by atoms with Crippen LogP contribution in [0.3, 0.4) is 0 Å². The Balaban J connectivity index is 1.89. The van der Waals surface area contributed by atoms with Crippen LogP contribution in [-0.4, -0.2) is 0 Å². The van der Waals surface area contributed by atoms with E-state index < -0.39 is 0 Å². The molecule has 0 N–H and O–H groups in total. The minimum absolute atomic E-state index is 0.920. The quantitative estimate of drug-likeness (QED) is 0.695. The van der Waals surface area contributed by atoms with Crippen LogP contribution in [0.4, 0.5) is 0 Å². The highest BCUT2D eigenvalue weighted by molar-refractivity contribution is 5.39. The van der Waals surface area contributed by atoms with Gasteiger partial charge in [-0.3, -0.25) is 0 Å². The predicted molar refractivity (Wildman–Crippen MR) is 77.2 cm³/mol. The summed E-state index contributed by atoms with van der Waals surface area (Å²) >= 11 is 0. The van der Waals surface area contributed by atoms with Gasteiger partial charge in [-0.15, -0.1) is 0 Å². The smallest absolute Gasteiger partial charge is 0.0248 e. The summed E-state index contributed by atoms with van der Waals surface area (Å²) in [6.07, 6.45) is 1.92. The molecule has 0 aliphatic rings. The molecule has 0 spiro atoms. The van der Waals surface area contributed by atoms with E-state index in [1.165, 1.54) is 5.56 Å². The molecule has 0 nitrogen and oxygen atoms in total. The van der Waals surface area contributed by atoms with Crippen molar-refractivity contribution in [1.29, 1.82) is 0 Å². The lowest BCUT2D eigenvalue weighted by Crippen LogP contribution is -1.86. The predicted octanol–water partition coefficient (Wildman–Crippen LogP) is 4.23. The largest absolute Gasteiger partial charge is 0.0874 e. The van der Waals surface area contributed by atoms with Gasteiger partial charge in [-0.25, -0.2) is 0 Å². The molecule has 0 heteroatoms. The summed E-state index contributed by atoms with van der Waals surface area (Å²) in [6.45, 7) is 4.01. The van der Waals surface area contributed by atoms with Crippen LogP contribution in [-0.2, 0) is 6.42 Å². The maximum atomic E-state index is 4.01. The molecule has 0 amide bonds. The van der Waals surface area contributed by atoms with E-state index in [9.17, 15) is 0 Å². The lowest BCUT2D eigenvalue weighted by molar-refractivity contribution is 0.976. The van der Waals surface area contributed by atoms with Crippen LogP contribution in [0.2, 0.25) is 0 Å². The normalized spacial score (nSPS) is 9.33. The Morgan fingerprint density at radius 1 is 0.889 bits per heavy atom. The highest BCUT2D eigenvalue weighted by atomic mass is 14.0. The fourth-order valence-electron chi connectivity index (χ4n) is 1.68. The van der Waals surface area contributed by atoms with Gasteiger partial charge in [0.25, 0.3) is 0 Å². The molecular formula is C18H16. The Kier molecular flexibility index (Phi) is 4.39. The summed E-state index contributed by atoms with van der Waals surface area (Å²) in [6, 6.07) is 20.4.